The van der Waals surface area contributed by atoms with Gasteiger partial charge in [-0.05, 0) is 77.9 Å². The minimum atomic E-state index is -0.205. The van der Waals surface area contributed by atoms with Crippen LogP contribution in [0, 0.1) is 13.8 Å². The SMILES string of the molecule is Cc1nc(C)c(-c2nc(NC3CCCC(NC(=O)c4ccc(NC(=O)/C=C/CN(C)C)cc4)C3)ncc2Cl)s1. The van der Waals surface area contributed by atoms with Gasteiger partial charge in [0.05, 0.1) is 26.8 Å². The monoisotopic (exact) mass is 567 g/mol. The maximum absolute atomic E-state index is 12.9. The first-order chi connectivity index (χ1) is 18.7. The minimum Gasteiger partial charge on any atom is -0.351 e. The number of benzene rings is 1. The molecule has 1 saturated carbocycles. The van der Waals surface area contributed by atoms with E-state index >= 15 is 0 Å². The van der Waals surface area contributed by atoms with Crippen LogP contribution in [0.25, 0.3) is 10.6 Å². The van der Waals surface area contributed by atoms with Crippen molar-refractivity contribution < 1.29 is 9.59 Å². The van der Waals surface area contributed by atoms with E-state index in [1.165, 1.54) is 6.08 Å². The zero-order valence-corrected chi connectivity index (χ0v) is 24.2. The third-order valence-electron chi connectivity index (χ3n) is 6.36. The topological polar surface area (TPSA) is 112 Å². The van der Waals surface area contributed by atoms with Crippen molar-refractivity contribution in [2.75, 3.05) is 31.3 Å². The highest BCUT2D eigenvalue weighted by atomic mass is 35.5. The molecule has 2 amide bonds. The summed E-state index contributed by atoms with van der Waals surface area (Å²) in [5.74, 6) is 0.181. The Labute approximate surface area is 238 Å². The third-order valence-corrected chi connectivity index (χ3v) is 7.72. The number of aryl methyl sites for hydroxylation is 2. The number of hydrogen-bond acceptors (Lipinski definition) is 8. The molecule has 3 N–H and O–H groups in total. The summed E-state index contributed by atoms with van der Waals surface area (Å²) in [6.45, 7) is 4.60. The quantitative estimate of drug-likeness (QED) is 0.309. The lowest BCUT2D eigenvalue weighted by atomic mass is 9.91. The molecule has 0 aliphatic heterocycles. The normalized spacial score (nSPS) is 17.4. The summed E-state index contributed by atoms with van der Waals surface area (Å²) in [6.07, 6.45) is 8.53. The summed E-state index contributed by atoms with van der Waals surface area (Å²) in [7, 11) is 3.87. The van der Waals surface area contributed by atoms with Crippen molar-refractivity contribution in [1.29, 1.82) is 0 Å². The van der Waals surface area contributed by atoms with Gasteiger partial charge in [0.25, 0.3) is 5.91 Å². The average Bonchev–Trinajstić information content (AvgIpc) is 3.23. The largest absolute Gasteiger partial charge is 0.351 e. The van der Waals surface area contributed by atoms with Crippen LogP contribution in [0.2, 0.25) is 5.02 Å². The van der Waals surface area contributed by atoms with Gasteiger partial charge < -0.3 is 20.9 Å². The number of nitrogens with zero attached hydrogens (tertiary/aromatic N) is 4. The number of thiazole rings is 1. The maximum atomic E-state index is 12.9. The van der Waals surface area contributed by atoms with E-state index in [0.717, 1.165) is 41.3 Å². The molecule has 4 rings (SSSR count). The Morgan fingerprint density at radius 2 is 1.87 bits per heavy atom. The van der Waals surface area contributed by atoms with Crippen molar-refractivity contribution in [2.24, 2.45) is 0 Å². The number of likely N-dealkylation sites (N-methyl/N-ethyl adjacent to an activating group) is 1. The lowest BCUT2D eigenvalue weighted by Crippen LogP contribution is -2.42. The highest BCUT2D eigenvalue weighted by Gasteiger charge is 2.25. The Hall–Kier alpha value is -3.34. The fourth-order valence-corrected chi connectivity index (χ4v) is 5.67. The smallest absolute Gasteiger partial charge is 0.251 e. The molecule has 2 unspecified atom stereocenters. The Bertz CT molecular complexity index is 1340. The van der Waals surface area contributed by atoms with Crippen molar-refractivity contribution in [3.05, 3.63) is 63.9 Å². The molecule has 3 aromatic rings. The molecule has 11 heteroatoms. The van der Waals surface area contributed by atoms with Gasteiger partial charge in [-0.1, -0.05) is 17.7 Å². The molecule has 39 heavy (non-hydrogen) atoms. The van der Waals surface area contributed by atoms with Gasteiger partial charge in [-0.15, -0.1) is 11.3 Å². The van der Waals surface area contributed by atoms with Crippen LogP contribution in [0.1, 0.15) is 46.7 Å². The first kappa shape index (κ1) is 28.7. The van der Waals surface area contributed by atoms with Gasteiger partial charge in [0.1, 0.15) is 5.69 Å². The van der Waals surface area contributed by atoms with Gasteiger partial charge >= 0.3 is 0 Å². The van der Waals surface area contributed by atoms with Gasteiger partial charge in [-0.3, -0.25) is 9.59 Å². The van der Waals surface area contributed by atoms with Crippen LogP contribution in [0.3, 0.4) is 0 Å². The first-order valence-electron chi connectivity index (χ1n) is 12.9. The van der Waals surface area contributed by atoms with Gasteiger partial charge in [0, 0.05) is 36.0 Å². The van der Waals surface area contributed by atoms with Crippen molar-refractivity contribution in [3.8, 4) is 10.6 Å². The number of rotatable bonds is 9. The predicted molar refractivity (Wildman–Crippen MR) is 158 cm³/mol. The predicted octanol–water partition coefficient (Wildman–Crippen LogP) is 5.08. The number of aromatic nitrogens is 3. The van der Waals surface area contributed by atoms with Crippen molar-refractivity contribution in [1.82, 2.24) is 25.2 Å². The Balaban J connectivity index is 1.32. The van der Waals surface area contributed by atoms with E-state index in [1.807, 2.05) is 32.8 Å². The minimum absolute atomic E-state index is 0.0307. The van der Waals surface area contributed by atoms with E-state index in [0.29, 0.717) is 34.5 Å². The summed E-state index contributed by atoms with van der Waals surface area (Å²) >= 11 is 7.97. The number of anilines is 2. The van der Waals surface area contributed by atoms with Gasteiger partial charge in [0.15, 0.2) is 0 Å². The molecule has 0 bridgehead atoms. The highest BCUT2D eigenvalue weighted by molar-refractivity contribution is 7.15. The fourth-order valence-electron chi connectivity index (χ4n) is 4.51. The number of amides is 2. The lowest BCUT2D eigenvalue weighted by molar-refractivity contribution is -0.111. The summed E-state index contributed by atoms with van der Waals surface area (Å²) < 4.78 is 0. The number of hydrogen-bond donors (Lipinski definition) is 3. The van der Waals surface area contributed by atoms with Crippen LogP contribution in [0.4, 0.5) is 11.6 Å². The molecular weight excluding hydrogens is 534 g/mol. The summed E-state index contributed by atoms with van der Waals surface area (Å²) in [6, 6.07) is 7.07. The van der Waals surface area contributed by atoms with E-state index in [-0.39, 0.29) is 23.9 Å². The Morgan fingerprint density at radius 1 is 1.13 bits per heavy atom. The lowest BCUT2D eigenvalue weighted by Gasteiger charge is -2.30. The zero-order valence-electron chi connectivity index (χ0n) is 22.6. The highest BCUT2D eigenvalue weighted by Crippen LogP contribution is 2.34. The van der Waals surface area contributed by atoms with Crippen molar-refractivity contribution >= 4 is 46.4 Å². The Kier molecular flexibility index (Phi) is 9.66. The molecule has 1 aliphatic carbocycles. The molecule has 1 aromatic carbocycles. The second-order valence-corrected chi connectivity index (χ2v) is 11.6. The van der Waals surface area contributed by atoms with Crippen LogP contribution in [-0.4, -0.2) is 64.4 Å². The fraction of sp³-hybridized carbons (Fsp3) is 0.393. The van der Waals surface area contributed by atoms with E-state index in [4.69, 9.17) is 11.6 Å². The van der Waals surface area contributed by atoms with Crippen LogP contribution in [0.15, 0.2) is 42.6 Å². The van der Waals surface area contributed by atoms with E-state index in [1.54, 1.807) is 47.9 Å². The van der Waals surface area contributed by atoms with Crippen molar-refractivity contribution in [3.63, 3.8) is 0 Å². The molecule has 1 aliphatic rings. The number of nitrogens with one attached hydrogen (secondary N) is 3. The number of carbonyl (C=O) groups is 2. The van der Waals surface area contributed by atoms with Crippen LogP contribution < -0.4 is 16.0 Å². The first-order valence-corrected chi connectivity index (χ1v) is 14.1. The maximum Gasteiger partial charge on any atom is 0.251 e. The molecule has 2 atom stereocenters. The second-order valence-electron chi connectivity index (χ2n) is 9.95. The van der Waals surface area contributed by atoms with E-state index < -0.39 is 0 Å². The van der Waals surface area contributed by atoms with Gasteiger partial charge in [-0.2, -0.15) is 0 Å². The van der Waals surface area contributed by atoms with Gasteiger partial charge in [0.2, 0.25) is 11.9 Å². The molecule has 1 fully saturated rings. The summed E-state index contributed by atoms with van der Waals surface area (Å²) in [4.78, 5) is 41.4. The van der Waals surface area contributed by atoms with Crippen LogP contribution in [0.5, 0.6) is 0 Å². The average molecular weight is 568 g/mol. The molecule has 206 valence electrons. The molecular formula is C28H34ClN7O2S. The van der Waals surface area contributed by atoms with Crippen LogP contribution >= 0.6 is 22.9 Å². The molecule has 0 radical (unpaired) electrons. The van der Waals surface area contributed by atoms with Gasteiger partial charge in [-0.25, -0.2) is 15.0 Å². The zero-order chi connectivity index (χ0) is 27.9. The van der Waals surface area contributed by atoms with Crippen LogP contribution in [-0.2, 0) is 4.79 Å². The summed E-state index contributed by atoms with van der Waals surface area (Å²) in [5, 5.41) is 10.9. The molecule has 2 aromatic heterocycles. The Morgan fingerprint density at radius 3 is 2.56 bits per heavy atom. The molecule has 0 saturated heterocycles. The molecule has 0 spiro atoms. The molecule has 9 nitrogen and oxygen atoms in total. The second kappa shape index (κ2) is 13.1. The van der Waals surface area contributed by atoms with E-state index in [9.17, 15) is 9.59 Å². The molecule has 2 heterocycles. The number of carbonyl (C=O) groups excluding carboxylic acids is 2. The number of halogens is 1. The summed E-state index contributed by atoms with van der Waals surface area (Å²) in [5.41, 5.74) is 2.77. The van der Waals surface area contributed by atoms with Crippen molar-refractivity contribution in [2.45, 2.75) is 51.6 Å². The standard InChI is InChI=1S/C28H34ClN7O2S/c1-17-26(39-18(2)31-17)25-23(29)16-30-28(35-25)34-22-8-5-7-21(15-22)33-27(38)19-10-12-20(13-11-19)32-24(37)9-6-14-36(3)4/h6,9-13,16,21-22H,5,7-8,14-15H2,1-4H3,(H,32,37)(H,33,38)(H,30,34,35)/b9-6+. The third kappa shape index (κ3) is 8.08. The van der Waals surface area contributed by atoms with E-state index in [2.05, 4.69) is 30.9 Å².